The van der Waals surface area contributed by atoms with Gasteiger partial charge in [-0.2, -0.15) is 0 Å². The quantitative estimate of drug-likeness (QED) is 0.356. The molecule has 5 heterocycles. The predicted octanol–water partition coefficient (Wildman–Crippen LogP) is 4.63. The number of hydrogen-bond donors (Lipinski definition) is 3. The molecule has 2 aliphatic heterocycles. The molecule has 7 nitrogen and oxygen atoms in total. The van der Waals surface area contributed by atoms with Crippen molar-refractivity contribution in [2.24, 2.45) is 9.98 Å². The van der Waals surface area contributed by atoms with Gasteiger partial charge in [0.2, 0.25) is 0 Å². The van der Waals surface area contributed by atoms with E-state index in [2.05, 4.69) is 103 Å². The summed E-state index contributed by atoms with van der Waals surface area (Å²) in [5.41, 5.74) is 8.69. The average molecular weight is 474 g/mol. The van der Waals surface area contributed by atoms with E-state index in [1.165, 1.54) is 16.5 Å². The molecule has 7 heteroatoms. The number of imidazole rings is 1. The van der Waals surface area contributed by atoms with Crippen LogP contribution in [0.5, 0.6) is 0 Å². The smallest absolute Gasteiger partial charge is 0.138 e. The zero-order valence-electron chi connectivity index (χ0n) is 20.0. The molecule has 3 aromatic heterocycles. The minimum absolute atomic E-state index is 0.879. The Hall–Kier alpha value is -4.39. The van der Waals surface area contributed by atoms with Crippen LogP contribution in [0.1, 0.15) is 24.0 Å². The third-order valence-electron chi connectivity index (χ3n) is 6.98. The highest BCUT2D eigenvalue weighted by molar-refractivity contribution is 6.04. The highest BCUT2D eigenvalue weighted by Gasteiger charge is 2.13. The number of amidine groups is 2. The van der Waals surface area contributed by atoms with Crippen LogP contribution in [0.4, 0.5) is 0 Å². The Balaban J connectivity index is 1.17. The van der Waals surface area contributed by atoms with Crippen LogP contribution in [0.15, 0.2) is 83.2 Å². The zero-order chi connectivity index (χ0) is 23.9. The lowest BCUT2D eigenvalue weighted by Gasteiger charge is -2.14. The summed E-state index contributed by atoms with van der Waals surface area (Å²) in [6.45, 7) is 3.73. The molecule has 36 heavy (non-hydrogen) atoms. The number of nitrogens with one attached hydrogen (secondary N) is 3. The molecule has 0 amide bonds. The molecule has 7 rings (SSSR count). The fourth-order valence-corrected chi connectivity index (χ4v) is 5.05. The van der Waals surface area contributed by atoms with Gasteiger partial charge in [0.05, 0.1) is 5.69 Å². The molecule has 0 radical (unpaired) electrons. The lowest BCUT2D eigenvalue weighted by molar-refractivity contribution is 0.742. The first-order valence-corrected chi connectivity index (χ1v) is 12.6. The number of nitrogens with zero attached hydrogens (tertiary/aromatic N) is 4. The van der Waals surface area contributed by atoms with E-state index in [4.69, 9.17) is 4.98 Å². The molecule has 2 aromatic carbocycles. The number of benzene rings is 2. The maximum Gasteiger partial charge on any atom is 0.138 e. The van der Waals surface area contributed by atoms with Crippen molar-refractivity contribution >= 4 is 28.2 Å². The first kappa shape index (κ1) is 20.9. The van der Waals surface area contributed by atoms with E-state index in [9.17, 15) is 0 Å². The van der Waals surface area contributed by atoms with Crippen molar-refractivity contribution in [1.29, 1.82) is 0 Å². The molecular formula is C29H27N7. The monoisotopic (exact) mass is 473 g/mol. The van der Waals surface area contributed by atoms with Crippen LogP contribution in [0.3, 0.4) is 0 Å². The Morgan fingerprint density at radius 1 is 0.722 bits per heavy atom. The van der Waals surface area contributed by atoms with Crippen LogP contribution in [0.2, 0.25) is 0 Å². The Morgan fingerprint density at radius 2 is 1.42 bits per heavy atom. The Kier molecular flexibility index (Phi) is 5.05. The molecule has 3 N–H and O–H groups in total. The minimum atomic E-state index is 0.879. The van der Waals surface area contributed by atoms with E-state index in [1.54, 1.807) is 0 Å². The second-order valence-corrected chi connectivity index (χ2v) is 9.37. The van der Waals surface area contributed by atoms with Crippen molar-refractivity contribution in [2.75, 3.05) is 26.2 Å². The minimum Gasteiger partial charge on any atom is -0.370 e. The van der Waals surface area contributed by atoms with E-state index in [0.717, 1.165) is 84.2 Å². The van der Waals surface area contributed by atoms with E-state index in [1.807, 2.05) is 0 Å². The fourth-order valence-electron chi connectivity index (χ4n) is 5.05. The van der Waals surface area contributed by atoms with Crippen LogP contribution >= 0.6 is 0 Å². The van der Waals surface area contributed by atoms with Gasteiger partial charge >= 0.3 is 0 Å². The molecule has 0 fully saturated rings. The average Bonchev–Trinajstić information content (AvgIpc) is 3.58. The van der Waals surface area contributed by atoms with Gasteiger partial charge in [0.15, 0.2) is 0 Å². The second kappa shape index (κ2) is 8.68. The van der Waals surface area contributed by atoms with Gasteiger partial charge in [-0.3, -0.25) is 9.98 Å². The van der Waals surface area contributed by atoms with Gasteiger partial charge in [0.1, 0.15) is 17.3 Å². The summed E-state index contributed by atoms with van der Waals surface area (Å²) >= 11 is 0. The molecule has 0 bridgehead atoms. The Labute approximate surface area is 209 Å². The largest absolute Gasteiger partial charge is 0.370 e. The summed E-state index contributed by atoms with van der Waals surface area (Å²) in [5, 5.41) is 8.01. The number of aliphatic imine (C=N–C) groups is 2. The lowest BCUT2D eigenvalue weighted by atomic mass is 10.0. The molecular weight excluding hydrogens is 446 g/mol. The van der Waals surface area contributed by atoms with Crippen molar-refractivity contribution in [2.45, 2.75) is 12.8 Å². The Morgan fingerprint density at radius 3 is 2.14 bits per heavy atom. The molecule has 0 saturated heterocycles. The van der Waals surface area contributed by atoms with Gasteiger partial charge in [-0.25, -0.2) is 4.98 Å². The van der Waals surface area contributed by atoms with Crippen LogP contribution in [0.25, 0.3) is 38.9 Å². The second-order valence-electron chi connectivity index (χ2n) is 9.37. The Bertz CT molecular complexity index is 1640. The van der Waals surface area contributed by atoms with E-state index in [0.29, 0.717) is 0 Å². The number of aromatic nitrogens is 3. The third kappa shape index (κ3) is 3.73. The number of H-pyrrole nitrogens is 1. The van der Waals surface area contributed by atoms with E-state index < -0.39 is 0 Å². The molecule has 0 aliphatic carbocycles. The number of aromatic amines is 1. The maximum atomic E-state index is 4.89. The summed E-state index contributed by atoms with van der Waals surface area (Å²) in [6.07, 6.45) is 8.41. The molecule has 178 valence electrons. The van der Waals surface area contributed by atoms with Crippen molar-refractivity contribution in [3.05, 3.63) is 84.3 Å². The summed E-state index contributed by atoms with van der Waals surface area (Å²) in [5.74, 6) is 1.96. The zero-order valence-corrected chi connectivity index (χ0v) is 20.0. The summed E-state index contributed by atoms with van der Waals surface area (Å²) in [7, 11) is 0. The van der Waals surface area contributed by atoms with Gasteiger partial charge in [0.25, 0.3) is 0 Å². The normalized spacial score (nSPS) is 15.9. The van der Waals surface area contributed by atoms with Crippen LogP contribution in [-0.2, 0) is 0 Å². The van der Waals surface area contributed by atoms with Crippen molar-refractivity contribution in [3.63, 3.8) is 0 Å². The summed E-state index contributed by atoms with van der Waals surface area (Å²) < 4.78 is 2.07. The van der Waals surface area contributed by atoms with Crippen molar-refractivity contribution in [1.82, 2.24) is 25.0 Å². The van der Waals surface area contributed by atoms with Crippen LogP contribution in [0, 0.1) is 0 Å². The predicted molar refractivity (Wildman–Crippen MR) is 146 cm³/mol. The number of pyridine rings is 1. The highest BCUT2D eigenvalue weighted by atomic mass is 15.0. The molecule has 2 aliphatic rings. The maximum absolute atomic E-state index is 4.89. The number of rotatable bonds is 4. The fraction of sp³-hybridized carbons (Fsp3) is 0.207. The van der Waals surface area contributed by atoms with E-state index >= 15 is 0 Å². The van der Waals surface area contributed by atoms with Crippen LogP contribution < -0.4 is 10.6 Å². The first-order chi connectivity index (χ1) is 17.8. The number of hydrogen-bond acceptors (Lipinski definition) is 5. The first-order valence-electron chi connectivity index (χ1n) is 12.6. The SMILES string of the molecule is c1cc2c(-c3ccc(-c4cn5ccc(C6=NCCCN6)cc5n4)cc3)c[nH]c2cc1C1=NCCCN1. The van der Waals surface area contributed by atoms with Crippen molar-refractivity contribution < 1.29 is 0 Å². The standard InChI is InChI=1S/C29H27N7/c1-10-30-28(31-11-1)21-7-8-23-24(17-34-25(23)15-21)19-3-5-20(6-4-19)26-18-36-14-9-22(16-27(36)35-26)29-32-12-2-13-33-29/h3-9,14-18,34H,1-2,10-13H2,(H,30,31)(H,32,33). The van der Waals surface area contributed by atoms with Crippen molar-refractivity contribution in [3.8, 4) is 22.4 Å². The molecule has 0 unspecified atom stereocenters. The van der Waals surface area contributed by atoms with Gasteiger partial charge < -0.3 is 20.0 Å². The van der Waals surface area contributed by atoms with E-state index in [-0.39, 0.29) is 0 Å². The van der Waals surface area contributed by atoms with Gasteiger partial charge in [0, 0.05) is 77.9 Å². The van der Waals surface area contributed by atoms with Gasteiger partial charge in [-0.1, -0.05) is 36.4 Å². The van der Waals surface area contributed by atoms with Crippen LogP contribution in [-0.4, -0.2) is 52.2 Å². The third-order valence-corrected chi connectivity index (χ3v) is 6.98. The molecule has 0 atom stereocenters. The topological polar surface area (TPSA) is 81.9 Å². The number of fused-ring (bicyclic) bond motifs is 2. The molecule has 0 spiro atoms. The summed E-state index contributed by atoms with van der Waals surface area (Å²) in [4.78, 5) is 17.6. The van der Waals surface area contributed by atoms with Gasteiger partial charge in [-0.05, 0) is 36.6 Å². The lowest BCUT2D eigenvalue weighted by Crippen LogP contribution is -2.30. The summed E-state index contributed by atoms with van der Waals surface area (Å²) in [6, 6.07) is 19.4. The van der Waals surface area contributed by atoms with Gasteiger partial charge in [-0.15, -0.1) is 0 Å². The molecule has 5 aromatic rings. The highest BCUT2D eigenvalue weighted by Crippen LogP contribution is 2.31. The molecule has 0 saturated carbocycles.